The average Bonchev–Trinajstić information content (AvgIpc) is 2.51. The van der Waals surface area contributed by atoms with Crippen molar-refractivity contribution in [2.24, 2.45) is 0 Å². The number of aromatic nitrogens is 1. The molecule has 2 nitrogen and oxygen atoms in total. The van der Waals surface area contributed by atoms with Crippen LogP contribution in [-0.2, 0) is 6.42 Å². The Bertz CT molecular complexity index is 666. The van der Waals surface area contributed by atoms with Crippen LogP contribution in [0.25, 0.3) is 0 Å². The molecule has 1 aromatic heterocycles. The Kier molecular flexibility index (Phi) is 4.41. The smallest absolute Gasteiger partial charge is 0.133 e. The summed E-state index contributed by atoms with van der Waals surface area (Å²) in [5.41, 5.74) is 4.85. The number of fused-ring (bicyclic) bond motifs is 1. The van der Waals surface area contributed by atoms with Gasteiger partial charge in [-0.3, -0.25) is 0 Å². The van der Waals surface area contributed by atoms with E-state index < -0.39 is 0 Å². The number of pyridine rings is 1. The Morgan fingerprint density at radius 3 is 3.00 bits per heavy atom. The number of hydrogen-bond donors (Lipinski definition) is 1. The summed E-state index contributed by atoms with van der Waals surface area (Å²) in [4.78, 5) is 4.58. The average molecular weight is 298 g/mol. The molecule has 0 amide bonds. The van der Waals surface area contributed by atoms with Crippen LogP contribution in [0.4, 0.5) is 15.9 Å². The van der Waals surface area contributed by atoms with Crippen molar-refractivity contribution in [2.75, 3.05) is 5.32 Å². The van der Waals surface area contributed by atoms with Crippen molar-refractivity contribution in [3.63, 3.8) is 0 Å². The highest BCUT2D eigenvalue weighted by molar-refractivity contribution is 5.62. The van der Waals surface area contributed by atoms with Crippen molar-refractivity contribution in [3.8, 4) is 0 Å². The van der Waals surface area contributed by atoms with E-state index >= 15 is 0 Å². The minimum absolute atomic E-state index is 0.227. The Morgan fingerprint density at radius 2 is 2.23 bits per heavy atom. The second kappa shape index (κ2) is 6.47. The van der Waals surface area contributed by atoms with Crippen molar-refractivity contribution in [3.05, 3.63) is 53.0 Å². The van der Waals surface area contributed by atoms with E-state index in [4.69, 9.17) is 0 Å². The Labute approximate surface area is 131 Å². The summed E-state index contributed by atoms with van der Waals surface area (Å²) in [6, 6.07) is 6.57. The molecule has 116 valence electrons. The predicted octanol–water partition coefficient (Wildman–Crippen LogP) is 5.49. The predicted molar refractivity (Wildman–Crippen MR) is 89.2 cm³/mol. The SMILES string of the molecule is CCCC1CCCc2c(Nc3cccc(F)c3)ncc(C)c21. The lowest BCUT2D eigenvalue weighted by Crippen LogP contribution is -2.14. The van der Waals surface area contributed by atoms with Crippen LogP contribution in [0.3, 0.4) is 0 Å². The molecule has 0 radical (unpaired) electrons. The fraction of sp³-hybridized carbons (Fsp3) is 0.421. The topological polar surface area (TPSA) is 24.9 Å². The highest BCUT2D eigenvalue weighted by atomic mass is 19.1. The zero-order valence-electron chi connectivity index (χ0n) is 13.3. The van der Waals surface area contributed by atoms with Crippen LogP contribution in [-0.4, -0.2) is 4.98 Å². The maximum absolute atomic E-state index is 13.4. The van der Waals surface area contributed by atoms with E-state index in [9.17, 15) is 4.39 Å². The summed E-state index contributed by atoms with van der Waals surface area (Å²) in [5.74, 6) is 1.31. The maximum atomic E-state index is 13.4. The summed E-state index contributed by atoms with van der Waals surface area (Å²) >= 11 is 0. The molecule has 1 unspecified atom stereocenters. The monoisotopic (exact) mass is 298 g/mol. The van der Waals surface area contributed by atoms with E-state index in [0.717, 1.165) is 17.9 Å². The number of nitrogens with one attached hydrogen (secondary N) is 1. The lowest BCUT2D eigenvalue weighted by atomic mass is 9.79. The van der Waals surface area contributed by atoms with E-state index in [1.165, 1.54) is 54.5 Å². The maximum Gasteiger partial charge on any atom is 0.133 e. The number of hydrogen-bond acceptors (Lipinski definition) is 2. The highest BCUT2D eigenvalue weighted by Crippen LogP contribution is 2.39. The van der Waals surface area contributed by atoms with Gasteiger partial charge in [-0.25, -0.2) is 9.37 Å². The zero-order valence-corrected chi connectivity index (χ0v) is 13.3. The van der Waals surface area contributed by atoms with Crippen molar-refractivity contribution in [1.82, 2.24) is 4.98 Å². The first kappa shape index (κ1) is 15.0. The molecule has 1 aliphatic carbocycles. The number of rotatable bonds is 4. The fourth-order valence-electron chi connectivity index (χ4n) is 3.61. The largest absolute Gasteiger partial charge is 0.340 e. The molecular weight excluding hydrogens is 275 g/mol. The van der Waals surface area contributed by atoms with Gasteiger partial charge in [0.25, 0.3) is 0 Å². The summed E-state index contributed by atoms with van der Waals surface area (Å²) in [5, 5.41) is 3.31. The van der Waals surface area contributed by atoms with E-state index in [2.05, 4.69) is 24.1 Å². The first-order valence-electron chi connectivity index (χ1n) is 8.20. The Hall–Kier alpha value is -1.90. The summed E-state index contributed by atoms with van der Waals surface area (Å²) < 4.78 is 13.4. The Morgan fingerprint density at radius 1 is 1.36 bits per heavy atom. The molecule has 0 saturated carbocycles. The molecule has 1 aliphatic rings. The molecule has 2 aromatic rings. The van der Waals surface area contributed by atoms with Crippen LogP contribution in [0.1, 0.15) is 55.2 Å². The van der Waals surface area contributed by atoms with Gasteiger partial charge >= 0.3 is 0 Å². The third-order valence-corrected chi connectivity index (χ3v) is 4.54. The molecule has 1 heterocycles. The van der Waals surface area contributed by atoms with Crippen LogP contribution in [0.5, 0.6) is 0 Å². The van der Waals surface area contributed by atoms with Crippen molar-refractivity contribution >= 4 is 11.5 Å². The van der Waals surface area contributed by atoms with Gasteiger partial charge in [0.05, 0.1) is 0 Å². The molecular formula is C19H23FN2. The van der Waals surface area contributed by atoms with Crippen molar-refractivity contribution < 1.29 is 4.39 Å². The van der Waals surface area contributed by atoms with Gasteiger partial charge in [-0.2, -0.15) is 0 Å². The minimum atomic E-state index is -0.227. The molecule has 1 aromatic carbocycles. The van der Waals surface area contributed by atoms with Crippen LogP contribution < -0.4 is 5.32 Å². The molecule has 1 N–H and O–H groups in total. The van der Waals surface area contributed by atoms with Gasteiger partial charge < -0.3 is 5.32 Å². The van der Waals surface area contributed by atoms with Gasteiger partial charge in [-0.1, -0.05) is 19.4 Å². The van der Waals surface area contributed by atoms with Crippen molar-refractivity contribution in [1.29, 1.82) is 0 Å². The molecule has 0 saturated heterocycles. The summed E-state index contributed by atoms with van der Waals surface area (Å²) in [6.45, 7) is 4.41. The lowest BCUT2D eigenvalue weighted by Gasteiger charge is -2.28. The molecule has 0 aliphatic heterocycles. The third-order valence-electron chi connectivity index (χ3n) is 4.54. The molecule has 0 bridgehead atoms. The van der Waals surface area contributed by atoms with Crippen LogP contribution in [0.15, 0.2) is 30.5 Å². The van der Waals surface area contributed by atoms with E-state index in [1.807, 2.05) is 12.3 Å². The summed E-state index contributed by atoms with van der Waals surface area (Å²) in [6.07, 6.45) is 7.93. The van der Waals surface area contributed by atoms with Crippen LogP contribution >= 0.6 is 0 Å². The number of benzene rings is 1. The van der Waals surface area contributed by atoms with Crippen molar-refractivity contribution in [2.45, 2.75) is 51.9 Å². The molecule has 0 fully saturated rings. The van der Waals surface area contributed by atoms with Gasteiger partial charge in [0, 0.05) is 11.9 Å². The number of anilines is 2. The normalized spacial score (nSPS) is 17.1. The quantitative estimate of drug-likeness (QED) is 0.807. The second-order valence-electron chi connectivity index (χ2n) is 6.20. The number of nitrogens with zero attached hydrogens (tertiary/aromatic N) is 1. The van der Waals surface area contributed by atoms with Gasteiger partial charge in [0.15, 0.2) is 0 Å². The van der Waals surface area contributed by atoms with E-state index in [1.54, 1.807) is 6.07 Å². The van der Waals surface area contributed by atoms with Gasteiger partial charge in [0.1, 0.15) is 11.6 Å². The lowest BCUT2D eigenvalue weighted by molar-refractivity contribution is 0.512. The number of aryl methyl sites for hydroxylation is 1. The summed E-state index contributed by atoms with van der Waals surface area (Å²) in [7, 11) is 0. The first-order chi connectivity index (χ1) is 10.7. The third kappa shape index (κ3) is 2.99. The van der Waals surface area contributed by atoms with E-state index in [-0.39, 0.29) is 5.82 Å². The molecule has 1 atom stereocenters. The standard InChI is InChI=1S/C19H23FN2/c1-3-6-14-7-4-10-17-18(14)13(2)12-21-19(17)22-16-9-5-8-15(20)11-16/h5,8-9,11-12,14H,3-4,6-7,10H2,1-2H3,(H,21,22). The van der Waals surface area contributed by atoms with Gasteiger partial charge in [-0.15, -0.1) is 0 Å². The van der Waals surface area contributed by atoms with E-state index in [0.29, 0.717) is 5.92 Å². The minimum Gasteiger partial charge on any atom is -0.340 e. The molecule has 0 spiro atoms. The first-order valence-corrected chi connectivity index (χ1v) is 8.20. The van der Waals surface area contributed by atoms with Gasteiger partial charge in [-0.05, 0) is 73.4 Å². The second-order valence-corrected chi connectivity index (χ2v) is 6.20. The number of halogens is 1. The van der Waals surface area contributed by atoms with Gasteiger partial charge in [0.2, 0.25) is 0 Å². The zero-order chi connectivity index (χ0) is 15.5. The molecule has 3 rings (SSSR count). The highest BCUT2D eigenvalue weighted by Gasteiger charge is 2.24. The Balaban J connectivity index is 1.97. The fourth-order valence-corrected chi connectivity index (χ4v) is 3.61. The van der Waals surface area contributed by atoms with Crippen LogP contribution in [0, 0.1) is 12.7 Å². The molecule has 22 heavy (non-hydrogen) atoms. The molecule has 3 heteroatoms. The van der Waals surface area contributed by atoms with Crippen LogP contribution in [0.2, 0.25) is 0 Å².